The summed E-state index contributed by atoms with van der Waals surface area (Å²) in [5.41, 5.74) is 2.39. The molecule has 0 radical (unpaired) electrons. The Morgan fingerprint density at radius 3 is 2.21 bits per heavy atom. The molecule has 3 aromatic carbocycles. The van der Waals surface area contributed by atoms with Crippen molar-refractivity contribution in [1.29, 1.82) is 0 Å². The lowest BCUT2D eigenvalue weighted by Crippen LogP contribution is -2.25. The lowest BCUT2D eigenvalue weighted by Gasteiger charge is -2.27. The summed E-state index contributed by atoms with van der Waals surface area (Å²) < 4.78 is 60.2. The van der Waals surface area contributed by atoms with Crippen LogP contribution in [0.3, 0.4) is 0 Å². The van der Waals surface area contributed by atoms with Crippen LogP contribution in [0.1, 0.15) is 25.7 Å². The summed E-state index contributed by atoms with van der Waals surface area (Å²) in [6, 6.07) is 14.6. The van der Waals surface area contributed by atoms with E-state index in [0.717, 1.165) is 5.56 Å². The molecule has 3 aromatic rings. The molecule has 0 aromatic heterocycles. The van der Waals surface area contributed by atoms with Crippen LogP contribution in [0, 0.1) is 23.4 Å². The number of halogens is 3. The largest absolute Gasteiger partial charge is 0.486 e. The van der Waals surface area contributed by atoms with Crippen molar-refractivity contribution < 1.29 is 27.4 Å². The molecule has 0 bridgehead atoms. The fourth-order valence-electron chi connectivity index (χ4n) is 3.62. The van der Waals surface area contributed by atoms with Crippen LogP contribution in [0.2, 0.25) is 0 Å². The minimum absolute atomic E-state index is 0.125. The number of ether oxygens (including phenoxy) is 3. The highest BCUT2D eigenvalue weighted by Crippen LogP contribution is 2.33. The van der Waals surface area contributed by atoms with Crippen LogP contribution in [0.15, 0.2) is 66.7 Å². The van der Waals surface area contributed by atoms with Gasteiger partial charge in [0.15, 0.2) is 17.9 Å². The molecule has 1 heterocycles. The predicted octanol–water partition coefficient (Wildman–Crippen LogP) is 7.07. The van der Waals surface area contributed by atoms with Crippen LogP contribution in [0.5, 0.6) is 5.75 Å². The normalized spacial score (nSPS) is 18.6. The van der Waals surface area contributed by atoms with Gasteiger partial charge in [0.2, 0.25) is 5.82 Å². The van der Waals surface area contributed by atoms with Gasteiger partial charge in [-0.1, -0.05) is 55.5 Å². The molecule has 0 amide bonds. The fourth-order valence-corrected chi connectivity index (χ4v) is 3.62. The van der Waals surface area contributed by atoms with Crippen LogP contribution < -0.4 is 4.74 Å². The highest BCUT2D eigenvalue weighted by Gasteiger charge is 2.24. The van der Waals surface area contributed by atoms with Crippen molar-refractivity contribution in [3.8, 4) is 28.0 Å². The molecule has 1 fully saturated rings. The summed E-state index contributed by atoms with van der Waals surface area (Å²) in [4.78, 5) is 0. The Morgan fingerprint density at radius 2 is 1.55 bits per heavy atom. The van der Waals surface area contributed by atoms with Gasteiger partial charge in [0, 0.05) is 17.0 Å². The second kappa shape index (κ2) is 10.2. The van der Waals surface area contributed by atoms with Crippen LogP contribution >= 0.6 is 0 Å². The third-order valence-corrected chi connectivity index (χ3v) is 5.47. The summed E-state index contributed by atoms with van der Waals surface area (Å²) in [7, 11) is 0. The zero-order valence-electron chi connectivity index (χ0n) is 18.5. The maximum Gasteiger partial charge on any atom is 0.201 e. The topological polar surface area (TPSA) is 27.7 Å². The highest BCUT2D eigenvalue weighted by molar-refractivity contribution is 5.71. The predicted molar refractivity (Wildman–Crippen MR) is 121 cm³/mol. The number of hydrogen-bond donors (Lipinski definition) is 0. The average Bonchev–Trinajstić information content (AvgIpc) is 2.83. The van der Waals surface area contributed by atoms with Gasteiger partial charge >= 0.3 is 0 Å². The lowest BCUT2D eigenvalue weighted by atomic mass is 9.98. The Hall–Kier alpha value is -3.09. The molecule has 33 heavy (non-hydrogen) atoms. The first-order valence-electron chi connectivity index (χ1n) is 10.8. The highest BCUT2D eigenvalue weighted by atomic mass is 19.2. The van der Waals surface area contributed by atoms with Gasteiger partial charge < -0.3 is 14.2 Å². The molecule has 1 saturated heterocycles. The van der Waals surface area contributed by atoms with Gasteiger partial charge in [-0.3, -0.25) is 0 Å². The first-order chi connectivity index (χ1) is 16.0. The van der Waals surface area contributed by atoms with Crippen molar-refractivity contribution >= 4 is 0 Å². The number of benzene rings is 3. The van der Waals surface area contributed by atoms with E-state index in [4.69, 9.17) is 14.2 Å². The van der Waals surface area contributed by atoms with E-state index in [0.29, 0.717) is 29.9 Å². The summed E-state index contributed by atoms with van der Waals surface area (Å²) >= 11 is 0. The second-order valence-corrected chi connectivity index (χ2v) is 8.04. The zero-order valence-corrected chi connectivity index (χ0v) is 18.5. The third kappa shape index (κ3) is 5.13. The van der Waals surface area contributed by atoms with E-state index in [1.165, 1.54) is 18.2 Å². The van der Waals surface area contributed by atoms with Crippen LogP contribution in [-0.2, 0) is 9.47 Å². The van der Waals surface area contributed by atoms with Crippen molar-refractivity contribution in [3.63, 3.8) is 0 Å². The summed E-state index contributed by atoms with van der Waals surface area (Å²) in [5.74, 6) is -2.28. The Bertz CT molecular complexity index is 1130. The second-order valence-electron chi connectivity index (χ2n) is 8.04. The van der Waals surface area contributed by atoms with Gasteiger partial charge in [-0.05, 0) is 41.8 Å². The first kappa shape index (κ1) is 23.1. The molecule has 0 spiro atoms. The number of hydrogen-bond acceptors (Lipinski definition) is 3. The van der Waals surface area contributed by atoms with Crippen molar-refractivity contribution in [3.05, 3.63) is 89.8 Å². The van der Waals surface area contributed by atoms with E-state index >= 15 is 0 Å². The Morgan fingerprint density at radius 1 is 0.879 bits per heavy atom. The first-order valence-corrected chi connectivity index (χ1v) is 10.8. The Labute approximate surface area is 191 Å². The molecule has 4 rings (SSSR count). The molecule has 172 valence electrons. The van der Waals surface area contributed by atoms with Crippen LogP contribution in [0.25, 0.3) is 22.3 Å². The molecule has 0 N–H and O–H groups in total. The van der Waals surface area contributed by atoms with E-state index in [2.05, 4.69) is 0 Å². The maximum absolute atomic E-state index is 14.7. The van der Waals surface area contributed by atoms with E-state index < -0.39 is 23.7 Å². The molecule has 0 saturated carbocycles. The van der Waals surface area contributed by atoms with Gasteiger partial charge in [-0.2, -0.15) is 4.39 Å². The maximum atomic E-state index is 14.7. The zero-order chi connectivity index (χ0) is 23.4. The molecule has 1 aliphatic heterocycles. The quantitative estimate of drug-likeness (QED) is 0.373. The van der Waals surface area contributed by atoms with E-state index in [1.54, 1.807) is 48.6 Å². The van der Waals surface area contributed by atoms with Crippen molar-refractivity contribution in [2.75, 3.05) is 19.8 Å². The van der Waals surface area contributed by atoms with Crippen LogP contribution in [0.4, 0.5) is 13.2 Å². The molecule has 3 nitrogen and oxygen atoms in total. The van der Waals surface area contributed by atoms with Gasteiger partial charge in [-0.15, -0.1) is 0 Å². The van der Waals surface area contributed by atoms with E-state index in [-0.39, 0.29) is 23.8 Å². The van der Waals surface area contributed by atoms with Crippen LogP contribution in [-0.4, -0.2) is 19.8 Å². The monoisotopic (exact) mass is 454 g/mol. The molecular formula is C27H25F3O3. The number of allylic oxidation sites excluding steroid dienone is 1. The minimum Gasteiger partial charge on any atom is -0.486 e. The van der Waals surface area contributed by atoms with Crippen molar-refractivity contribution in [2.45, 2.75) is 20.1 Å². The Kier molecular flexibility index (Phi) is 7.16. The summed E-state index contributed by atoms with van der Waals surface area (Å²) in [6.45, 7) is 5.03. The smallest absolute Gasteiger partial charge is 0.201 e. The summed E-state index contributed by atoms with van der Waals surface area (Å²) in [5, 5.41) is 0. The summed E-state index contributed by atoms with van der Waals surface area (Å²) in [6.07, 6.45) is 2.76. The van der Waals surface area contributed by atoms with Crippen molar-refractivity contribution in [1.82, 2.24) is 0 Å². The lowest BCUT2D eigenvalue weighted by molar-refractivity contribution is -0.203. The molecule has 6 heteroatoms. The molecule has 0 unspecified atom stereocenters. The minimum atomic E-state index is -1.03. The van der Waals surface area contributed by atoms with Gasteiger partial charge in [-0.25, -0.2) is 8.78 Å². The van der Waals surface area contributed by atoms with Gasteiger partial charge in [0.25, 0.3) is 0 Å². The number of rotatable bonds is 6. The standard InChI is InChI=1S/C27H25F3O3/c1-3-4-13-31-24-12-11-21(25(29)26(24)30)19-7-5-18(6-8-19)20-9-10-22(23(28)14-20)27-32-15-17(2)16-33-27/h3-12,14,17,27H,13,15-16H2,1-2H3/b4-3+. The fraction of sp³-hybridized carbons (Fsp3) is 0.259. The molecule has 0 aliphatic carbocycles. The molecule has 1 aliphatic rings. The molecule has 0 atom stereocenters. The van der Waals surface area contributed by atoms with Gasteiger partial charge in [0.1, 0.15) is 12.4 Å². The Balaban J connectivity index is 1.53. The van der Waals surface area contributed by atoms with Gasteiger partial charge in [0.05, 0.1) is 13.2 Å². The SMILES string of the molecule is C/C=C/COc1ccc(-c2ccc(-c3ccc(C4OCC(C)CO4)c(F)c3)cc2)c(F)c1F. The molecular weight excluding hydrogens is 429 g/mol. The third-order valence-electron chi connectivity index (χ3n) is 5.47. The van der Waals surface area contributed by atoms with Crippen molar-refractivity contribution in [2.24, 2.45) is 5.92 Å². The average molecular weight is 454 g/mol. The van der Waals surface area contributed by atoms with E-state index in [1.807, 2.05) is 13.8 Å². The van der Waals surface area contributed by atoms with E-state index in [9.17, 15) is 13.2 Å².